The van der Waals surface area contributed by atoms with Gasteiger partial charge in [-0.2, -0.15) is 0 Å². The van der Waals surface area contributed by atoms with Gasteiger partial charge in [0, 0.05) is 17.2 Å². The number of aromatic amines is 1. The SMILES string of the molecule is CC(C(N)=O)=C(c1ccccc1)c1cc(F)c2[nH]ccc2c1. The largest absolute Gasteiger partial charge is 0.366 e. The van der Waals surface area contributed by atoms with Crippen LogP contribution in [-0.2, 0) is 4.79 Å². The van der Waals surface area contributed by atoms with Gasteiger partial charge in [0.2, 0.25) is 5.91 Å². The Morgan fingerprint density at radius 1 is 1.09 bits per heavy atom. The van der Waals surface area contributed by atoms with Crippen LogP contribution in [0.4, 0.5) is 4.39 Å². The molecule has 0 aliphatic carbocycles. The van der Waals surface area contributed by atoms with Crippen LogP contribution in [-0.4, -0.2) is 10.9 Å². The lowest BCUT2D eigenvalue weighted by Crippen LogP contribution is -2.14. The van der Waals surface area contributed by atoms with Gasteiger partial charge in [-0.15, -0.1) is 0 Å². The zero-order valence-electron chi connectivity index (χ0n) is 12.1. The topological polar surface area (TPSA) is 58.9 Å². The third kappa shape index (κ3) is 2.39. The Morgan fingerprint density at radius 3 is 2.50 bits per heavy atom. The second kappa shape index (κ2) is 5.48. The van der Waals surface area contributed by atoms with E-state index in [9.17, 15) is 9.18 Å². The molecule has 3 nitrogen and oxygen atoms in total. The van der Waals surface area contributed by atoms with Crippen molar-refractivity contribution in [3.63, 3.8) is 0 Å². The summed E-state index contributed by atoms with van der Waals surface area (Å²) in [6, 6.07) is 14.4. The van der Waals surface area contributed by atoms with Crippen molar-refractivity contribution in [2.45, 2.75) is 6.92 Å². The summed E-state index contributed by atoms with van der Waals surface area (Å²) in [5, 5.41) is 0.751. The van der Waals surface area contributed by atoms with Gasteiger partial charge in [-0.05, 0) is 41.8 Å². The number of carbonyl (C=O) groups excluding carboxylic acids is 1. The van der Waals surface area contributed by atoms with Crippen LogP contribution < -0.4 is 5.73 Å². The smallest absolute Gasteiger partial charge is 0.244 e. The first-order chi connectivity index (χ1) is 10.6. The average Bonchev–Trinajstić information content (AvgIpc) is 2.97. The molecular weight excluding hydrogens is 279 g/mol. The van der Waals surface area contributed by atoms with Crippen LogP contribution in [0.2, 0.25) is 0 Å². The molecule has 22 heavy (non-hydrogen) atoms. The summed E-state index contributed by atoms with van der Waals surface area (Å²) in [7, 11) is 0. The summed E-state index contributed by atoms with van der Waals surface area (Å²) >= 11 is 0. The number of nitrogens with one attached hydrogen (secondary N) is 1. The highest BCUT2D eigenvalue weighted by molar-refractivity contribution is 6.04. The van der Waals surface area contributed by atoms with E-state index in [1.807, 2.05) is 36.4 Å². The zero-order chi connectivity index (χ0) is 15.7. The minimum Gasteiger partial charge on any atom is -0.366 e. The van der Waals surface area contributed by atoms with Gasteiger partial charge in [0.05, 0.1) is 5.52 Å². The molecule has 3 rings (SSSR count). The molecule has 3 N–H and O–H groups in total. The summed E-state index contributed by atoms with van der Waals surface area (Å²) in [6.07, 6.45) is 1.68. The van der Waals surface area contributed by atoms with Gasteiger partial charge in [0.1, 0.15) is 5.82 Å². The average molecular weight is 294 g/mol. The monoisotopic (exact) mass is 294 g/mol. The van der Waals surface area contributed by atoms with E-state index in [0.29, 0.717) is 22.2 Å². The highest BCUT2D eigenvalue weighted by Crippen LogP contribution is 2.30. The highest BCUT2D eigenvalue weighted by Gasteiger charge is 2.15. The van der Waals surface area contributed by atoms with Crippen molar-refractivity contribution >= 4 is 22.4 Å². The van der Waals surface area contributed by atoms with Gasteiger partial charge in [-0.25, -0.2) is 4.39 Å². The van der Waals surface area contributed by atoms with E-state index in [2.05, 4.69) is 4.98 Å². The highest BCUT2D eigenvalue weighted by atomic mass is 19.1. The maximum absolute atomic E-state index is 14.3. The lowest BCUT2D eigenvalue weighted by atomic mass is 9.92. The molecule has 0 radical (unpaired) electrons. The number of fused-ring (bicyclic) bond motifs is 1. The van der Waals surface area contributed by atoms with Crippen molar-refractivity contribution in [1.82, 2.24) is 4.98 Å². The molecule has 0 aliphatic heterocycles. The molecule has 0 fully saturated rings. The van der Waals surface area contributed by atoms with Gasteiger partial charge >= 0.3 is 0 Å². The fourth-order valence-electron chi connectivity index (χ4n) is 2.60. The van der Waals surface area contributed by atoms with Crippen LogP contribution in [0.25, 0.3) is 16.5 Å². The van der Waals surface area contributed by atoms with Crippen molar-refractivity contribution < 1.29 is 9.18 Å². The molecule has 4 heteroatoms. The first kappa shape index (κ1) is 14.1. The second-order valence-electron chi connectivity index (χ2n) is 5.13. The summed E-state index contributed by atoms with van der Waals surface area (Å²) in [5.41, 5.74) is 8.41. The Labute approximate surface area is 127 Å². The summed E-state index contributed by atoms with van der Waals surface area (Å²) in [6.45, 7) is 1.66. The number of nitrogens with two attached hydrogens (primary N) is 1. The van der Waals surface area contributed by atoms with Gasteiger partial charge in [0.15, 0.2) is 0 Å². The summed E-state index contributed by atoms with van der Waals surface area (Å²) in [5.74, 6) is -0.878. The Morgan fingerprint density at radius 2 is 1.82 bits per heavy atom. The van der Waals surface area contributed by atoms with Crippen LogP contribution in [0.15, 0.2) is 60.3 Å². The van der Waals surface area contributed by atoms with Crippen molar-refractivity contribution in [1.29, 1.82) is 0 Å². The van der Waals surface area contributed by atoms with Gasteiger partial charge in [-0.3, -0.25) is 4.79 Å². The molecule has 0 unspecified atom stereocenters. The molecule has 0 spiro atoms. The first-order valence-electron chi connectivity index (χ1n) is 6.91. The van der Waals surface area contributed by atoms with E-state index in [0.717, 1.165) is 10.9 Å². The van der Waals surface area contributed by atoms with Gasteiger partial charge in [0.25, 0.3) is 0 Å². The lowest BCUT2D eigenvalue weighted by Gasteiger charge is -2.12. The van der Waals surface area contributed by atoms with Crippen LogP contribution in [0, 0.1) is 5.82 Å². The molecule has 0 saturated heterocycles. The Balaban J connectivity index is 2.29. The predicted octanol–water partition coefficient (Wildman–Crippen LogP) is 3.61. The van der Waals surface area contributed by atoms with E-state index in [1.54, 1.807) is 19.2 Å². The number of benzene rings is 2. The van der Waals surface area contributed by atoms with E-state index >= 15 is 0 Å². The minimum absolute atomic E-state index is 0.358. The molecule has 110 valence electrons. The lowest BCUT2D eigenvalue weighted by molar-refractivity contribution is -0.114. The molecule has 1 aromatic heterocycles. The van der Waals surface area contributed by atoms with Crippen molar-refractivity contribution in [3.8, 4) is 0 Å². The van der Waals surface area contributed by atoms with Crippen LogP contribution >= 0.6 is 0 Å². The standard InChI is InChI=1S/C18H15FN2O/c1-11(18(20)22)16(12-5-3-2-4-6-12)14-9-13-7-8-21-17(13)15(19)10-14/h2-10,21H,1H3,(H2,20,22). The van der Waals surface area contributed by atoms with E-state index in [-0.39, 0.29) is 5.82 Å². The fraction of sp³-hybridized carbons (Fsp3) is 0.0556. The van der Waals surface area contributed by atoms with E-state index < -0.39 is 5.91 Å². The third-order valence-corrected chi connectivity index (χ3v) is 3.71. The molecule has 3 aromatic rings. The summed E-state index contributed by atoms with van der Waals surface area (Å²) < 4.78 is 14.3. The van der Waals surface area contributed by atoms with E-state index in [1.165, 1.54) is 6.07 Å². The number of halogens is 1. The quantitative estimate of drug-likeness (QED) is 0.712. The summed E-state index contributed by atoms with van der Waals surface area (Å²) in [4.78, 5) is 14.5. The molecule has 0 saturated carbocycles. The number of rotatable bonds is 3. The molecule has 2 aromatic carbocycles. The molecular formula is C18H15FN2O. The number of primary amides is 1. The fourth-order valence-corrected chi connectivity index (χ4v) is 2.60. The maximum atomic E-state index is 14.3. The predicted molar refractivity (Wildman–Crippen MR) is 85.6 cm³/mol. The number of carbonyl (C=O) groups is 1. The molecule has 0 aliphatic rings. The van der Waals surface area contributed by atoms with Gasteiger partial charge in [-0.1, -0.05) is 30.3 Å². The number of hydrogen-bond donors (Lipinski definition) is 2. The van der Waals surface area contributed by atoms with Gasteiger partial charge < -0.3 is 10.7 Å². The molecule has 1 heterocycles. The van der Waals surface area contributed by atoms with Crippen LogP contribution in [0.3, 0.4) is 0 Å². The molecule has 0 bridgehead atoms. The van der Waals surface area contributed by atoms with Crippen molar-refractivity contribution in [3.05, 3.63) is 77.2 Å². The number of aromatic nitrogens is 1. The Hall–Kier alpha value is -2.88. The molecule has 0 atom stereocenters. The first-order valence-corrected chi connectivity index (χ1v) is 6.91. The second-order valence-corrected chi connectivity index (χ2v) is 5.13. The molecule has 1 amide bonds. The van der Waals surface area contributed by atoms with Crippen molar-refractivity contribution in [2.24, 2.45) is 5.73 Å². The zero-order valence-corrected chi connectivity index (χ0v) is 12.1. The number of hydrogen-bond acceptors (Lipinski definition) is 1. The Kier molecular flexibility index (Phi) is 3.51. The Bertz CT molecular complexity index is 878. The van der Waals surface area contributed by atoms with Crippen LogP contribution in [0.1, 0.15) is 18.1 Å². The van der Waals surface area contributed by atoms with Crippen molar-refractivity contribution in [2.75, 3.05) is 0 Å². The third-order valence-electron chi connectivity index (χ3n) is 3.71. The maximum Gasteiger partial charge on any atom is 0.244 e. The van der Waals surface area contributed by atoms with E-state index in [4.69, 9.17) is 5.73 Å². The number of amides is 1. The number of H-pyrrole nitrogens is 1. The van der Waals surface area contributed by atoms with Crippen LogP contribution in [0.5, 0.6) is 0 Å². The minimum atomic E-state index is -0.520. The normalized spacial score (nSPS) is 12.3.